The molecule has 8 heteroatoms. The first-order valence-electron chi connectivity index (χ1n) is 9.23. The van der Waals surface area contributed by atoms with Crippen LogP contribution in [0.2, 0.25) is 0 Å². The molecule has 0 bridgehead atoms. The summed E-state index contributed by atoms with van der Waals surface area (Å²) in [6.45, 7) is 1.92. The Labute approximate surface area is 189 Å². The lowest BCUT2D eigenvalue weighted by Gasteiger charge is -2.12. The van der Waals surface area contributed by atoms with E-state index < -0.39 is 0 Å². The number of halogens is 1. The van der Waals surface area contributed by atoms with Crippen LogP contribution in [-0.2, 0) is 11.3 Å². The fraction of sp³-hybridized carbons (Fsp3) is 0.333. The highest BCUT2D eigenvalue weighted by atomic mass is 127. The van der Waals surface area contributed by atoms with E-state index in [-0.39, 0.29) is 36.4 Å². The maximum absolute atomic E-state index is 12.0. The number of amides is 1. The van der Waals surface area contributed by atoms with E-state index in [0.29, 0.717) is 25.7 Å². The fourth-order valence-electron chi connectivity index (χ4n) is 2.38. The summed E-state index contributed by atoms with van der Waals surface area (Å²) in [7, 11) is 3.30. The number of benzene rings is 2. The first-order chi connectivity index (χ1) is 13.7. The molecule has 0 spiro atoms. The van der Waals surface area contributed by atoms with Crippen LogP contribution >= 0.6 is 24.0 Å². The molecule has 2 aromatic carbocycles. The van der Waals surface area contributed by atoms with E-state index in [1.807, 2.05) is 54.6 Å². The van der Waals surface area contributed by atoms with Crippen molar-refractivity contribution in [1.29, 1.82) is 0 Å². The van der Waals surface area contributed by atoms with Crippen LogP contribution in [0, 0.1) is 0 Å². The minimum absolute atomic E-state index is 0. The Morgan fingerprint density at radius 3 is 2.34 bits per heavy atom. The number of nitrogens with one attached hydrogen (secondary N) is 3. The topological polar surface area (TPSA) is 84.0 Å². The monoisotopic (exact) mass is 512 g/mol. The standard InChI is InChI=1S/C21H28N4O3.HI/c1-22-21(23-13-6-14-28-19-7-4-3-5-8-19)25-16-20(26)24-15-17-9-11-18(27-2)12-10-17;/h3-5,7-12H,6,13-16H2,1-2H3,(H,24,26)(H2,22,23,25);1H. The number of nitrogens with zero attached hydrogens (tertiary/aromatic N) is 1. The Morgan fingerprint density at radius 2 is 1.69 bits per heavy atom. The summed E-state index contributed by atoms with van der Waals surface area (Å²) in [5, 5.41) is 9.03. The number of methoxy groups -OCH3 is 1. The lowest BCUT2D eigenvalue weighted by atomic mass is 10.2. The van der Waals surface area contributed by atoms with E-state index in [2.05, 4.69) is 20.9 Å². The zero-order valence-electron chi connectivity index (χ0n) is 16.8. The molecule has 7 nitrogen and oxygen atoms in total. The average Bonchev–Trinajstić information content (AvgIpc) is 2.75. The van der Waals surface area contributed by atoms with Gasteiger partial charge in [0, 0.05) is 20.1 Å². The number of aliphatic imine (C=N–C) groups is 1. The molecule has 1 amide bonds. The summed E-state index contributed by atoms with van der Waals surface area (Å²) in [6.07, 6.45) is 0.819. The quantitative estimate of drug-likeness (QED) is 0.197. The first-order valence-corrected chi connectivity index (χ1v) is 9.23. The maximum atomic E-state index is 12.0. The van der Waals surface area contributed by atoms with Crippen molar-refractivity contribution in [3.05, 3.63) is 60.2 Å². The Kier molecular flexibility index (Phi) is 12.3. The van der Waals surface area contributed by atoms with Gasteiger partial charge >= 0.3 is 0 Å². The Hall–Kier alpha value is -2.49. The number of carbonyl (C=O) groups excluding carboxylic acids is 1. The first kappa shape index (κ1) is 24.5. The van der Waals surface area contributed by atoms with Crippen LogP contribution in [0.15, 0.2) is 59.6 Å². The molecule has 0 unspecified atom stereocenters. The predicted octanol–water partition coefficient (Wildman–Crippen LogP) is 2.56. The van der Waals surface area contributed by atoms with Gasteiger partial charge in [-0.3, -0.25) is 9.79 Å². The van der Waals surface area contributed by atoms with Crippen molar-refractivity contribution < 1.29 is 14.3 Å². The summed E-state index contributed by atoms with van der Waals surface area (Å²) >= 11 is 0. The van der Waals surface area contributed by atoms with Gasteiger partial charge in [0.25, 0.3) is 0 Å². The highest BCUT2D eigenvalue weighted by Crippen LogP contribution is 2.10. The highest BCUT2D eigenvalue weighted by Gasteiger charge is 2.04. The van der Waals surface area contributed by atoms with Gasteiger partial charge in [-0.05, 0) is 36.2 Å². The summed E-state index contributed by atoms with van der Waals surface area (Å²) in [4.78, 5) is 16.1. The van der Waals surface area contributed by atoms with E-state index in [9.17, 15) is 4.79 Å². The van der Waals surface area contributed by atoms with Crippen LogP contribution in [-0.4, -0.2) is 45.7 Å². The zero-order valence-corrected chi connectivity index (χ0v) is 19.1. The van der Waals surface area contributed by atoms with Crippen LogP contribution in [0.1, 0.15) is 12.0 Å². The molecule has 0 radical (unpaired) electrons. The number of hydrogen-bond acceptors (Lipinski definition) is 4. The van der Waals surface area contributed by atoms with Gasteiger partial charge in [0.1, 0.15) is 11.5 Å². The minimum Gasteiger partial charge on any atom is -0.497 e. The molecule has 2 aromatic rings. The molecular formula is C21H29IN4O3. The van der Waals surface area contributed by atoms with Crippen molar-refractivity contribution in [2.24, 2.45) is 4.99 Å². The molecule has 0 saturated carbocycles. The van der Waals surface area contributed by atoms with Crippen LogP contribution in [0.25, 0.3) is 0 Å². The number of rotatable bonds is 10. The van der Waals surface area contributed by atoms with Gasteiger partial charge in [0.2, 0.25) is 5.91 Å². The summed E-state index contributed by atoms with van der Waals surface area (Å²) in [6, 6.07) is 17.3. The summed E-state index contributed by atoms with van der Waals surface area (Å²) < 4.78 is 10.8. The smallest absolute Gasteiger partial charge is 0.239 e. The SMILES string of the molecule is CN=C(NCCCOc1ccccc1)NCC(=O)NCc1ccc(OC)cc1.I. The van der Waals surface area contributed by atoms with E-state index >= 15 is 0 Å². The van der Waals surface area contributed by atoms with Crippen LogP contribution < -0.4 is 25.4 Å². The molecule has 0 aromatic heterocycles. The molecule has 0 aliphatic heterocycles. The predicted molar refractivity (Wildman–Crippen MR) is 126 cm³/mol. The molecule has 2 rings (SSSR count). The Morgan fingerprint density at radius 1 is 0.966 bits per heavy atom. The van der Waals surface area contributed by atoms with Gasteiger partial charge in [-0.25, -0.2) is 0 Å². The molecule has 0 heterocycles. The highest BCUT2D eigenvalue weighted by molar-refractivity contribution is 14.0. The lowest BCUT2D eigenvalue weighted by molar-refractivity contribution is -0.120. The van der Waals surface area contributed by atoms with Gasteiger partial charge in [-0.2, -0.15) is 0 Å². The van der Waals surface area contributed by atoms with Gasteiger partial charge < -0.3 is 25.4 Å². The normalized spacial score (nSPS) is 10.5. The van der Waals surface area contributed by atoms with Gasteiger partial charge in [-0.15, -0.1) is 24.0 Å². The molecule has 3 N–H and O–H groups in total. The molecule has 29 heavy (non-hydrogen) atoms. The van der Waals surface area contributed by atoms with Crippen molar-refractivity contribution in [1.82, 2.24) is 16.0 Å². The fourth-order valence-corrected chi connectivity index (χ4v) is 2.38. The number of carbonyl (C=O) groups is 1. The largest absolute Gasteiger partial charge is 0.497 e. The van der Waals surface area contributed by atoms with E-state index in [0.717, 1.165) is 23.5 Å². The van der Waals surface area contributed by atoms with Crippen LogP contribution in [0.5, 0.6) is 11.5 Å². The second-order valence-corrected chi connectivity index (χ2v) is 5.99. The minimum atomic E-state index is -0.105. The molecule has 0 fully saturated rings. The van der Waals surface area contributed by atoms with Crippen molar-refractivity contribution in [2.45, 2.75) is 13.0 Å². The molecule has 158 valence electrons. The molecular weight excluding hydrogens is 483 g/mol. The third-order valence-electron chi connectivity index (χ3n) is 3.91. The zero-order chi connectivity index (χ0) is 20.0. The van der Waals surface area contributed by atoms with Gasteiger partial charge in [-0.1, -0.05) is 30.3 Å². The maximum Gasteiger partial charge on any atom is 0.239 e. The van der Waals surface area contributed by atoms with Crippen molar-refractivity contribution in [2.75, 3.05) is 33.9 Å². The van der Waals surface area contributed by atoms with E-state index in [4.69, 9.17) is 9.47 Å². The Balaban J connectivity index is 0.00000420. The van der Waals surface area contributed by atoms with Crippen molar-refractivity contribution >= 4 is 35.8 Å². The lowest BCUT2D eigenvalue weighted by Crippen LogP contribution is -2.43. The number of guanidine groups is 1. The third-order valence-corrected chi connectivity index (χ3v) is 3.91. The molecule has 0 aliphatic carbocycles. The average molecular weight is 512 g/mol. The molecule has 0 atom stereocenters. The number of ether oxygens (including phenoxy) is 2. The van der Waals surface area contributed by atoms with E-state index in [1.165, 1.54) is 0 Å². The number of hydrogen-bond donors (Lipinski definition) is 3. The van der Waals surface area contributed by atoms with Gasteiger partial charge in [0.15, 0.2) is 5.96 Å². The van der Waals surface area contributed by atoms with E-state index in [1.54, 1.807) is 14.2 Å². The Bertz CT molecular complexity index is 739. The van der Waals surface area contributed by atoms with Crippen molar-refractivity contribution in [3.63, 3.8) is 0 Å². The number of para-hydroxylation sites is 1. The van der Waals surface area contributed by atoms with Crippen LogP contribution in [0.4, 0.5) is 0 Å². The van der Waals surface area contributed by atoms with Crippen molar-refractivity contribution in [3.8, 4) is 11.5 Å². The summed E-state index contributed by atoms with van der Waals surface area (Å²) in [5.41, 5.74) is 1.01. The third kappa shape index (κ3) is 10.0. The summed E-state index contributed by atoms with van der Waals surface area (Å²) in [5.74, 6) is 2.13. The van der Waals surface area contributed by atoms with Crippen LogP contribution in [0.3, 0.4) is 0 Å². The van der Waals surface area contributed by atoms with Gasteiger partial charge in [0.05, 0.1) is 20.3 Å². The molecule has 0 aliphatic rings. The molecule has 0 saturated heterocycles. The second-order valence-electron chi connectivity index (χ2n) is 5.99. The second kappa shape index (κ2) is 14.5.